The summed E-state index contributed by atoms with van der Waals surface area (Å²) in [6.07, 6.45) is 2.57. The van der Waals surface area contributed by atoms with Gasteiger partial charge in [-0.15, -0.1) is 0 Å². The Balaban J connectivity index is 1.93. The maximum atomic E-state index is 5.76. The second-order valence-corrected chi connectivity index (χ2v) is 6.63. The summed E-state index contributed by atoms with van der Waals surface area (Å²) in [6, 6.07) is 10.8. The molecule has 1 aromatic carbocycles. The number of hydrogen-bond acceptors (Lipinski definition) is 3. The Morgan fingerprint density at radius 1 is 1.28 bits per heavy atom. The number of guanidine groups is 1. The molecule has 1 atom stereocenters. The number of likely N-dealkylation sites (tertiary alicyclic amines) is 1. The van der Waals surface area contributed by atoms with Gasteiger partial charge in [-0.1, -0.05) is 18.2 Å². The van der Waals surface area contributed by atoms with Crippen molar-refractivity contribution in [1.29, 1.82) is 0 Å². The van der Waals surface area contributed by atoms with Crippen molar-refractivity contribution in [1.82, 2.24) is 10.2 Å². The monoisotopic (exact) mass is 346 g/mol. The predicted octanol–water partition coefficient (Wildman–Crippen LogP) is 2.98. The zero-order valence-corrected chi connectivity index (χ0v) is 16.2. The molecule has 0 radical (unpaired) electrons. The van der Waals surface area contributed by atoms with Crippen molar-refractivity contribution >= 4 is 11.6 Å². The van der Waals surface area contributed by atoms with Crippen LogP contribution in [-0.2, 0) is 4.74 Å². The minimum Gasteiger partial charge on any atom is -0.378 e. The largest absolute Gasteiger partial charge is 0.378 e. The fourth-order valence-corrected chi connectivity index (χ4v) is 3.15. The van der Waals surface area contributed by atoms with Crippen molar-refractivity contribution < 1.29 is 4.74 Å². The maximum Gasteiger partial charge on any atom is 0.193 e. The number of hydrogen-bond donors (Lipinski definition) is 1. The SMILES string of the molecule is CCNC(=NCC(C)N(C)c1ccccc1)N1CCC(OCC)CC1. The van der Waals surface area contributed by atoms with E-state index in [0.717, 1.165) is 51.6 Å². The first-order chi connectivity index (χ1) is 12.2. The minimum absolute atomic E-state index is 0.344. The number of likely N-dealkylation sites (N-methyl/N-ethyl adjacent to an activating group) is 1. The lowest BCUT2D eigenvalue weighted by Gasteiger charge is -2.34. The van der Waals surface area contributed by atoms with E-state index in [4.69, 9.17) is 9.73 Å². The van der Waals surface area contributed by atoms with Gasteiger partial charge in [-0.2, -0.15) is 0 Å². The smallest absolute Gasteiger partial charge is 0.193 e. The van der Waals surface area contributed by atoms with E-state index in [1.54, 1.807) is 0 Å². The van der Waals surface area contributed by atoms with Crippen LogP contribution in [0.15, 0.2) is 35.3 Å². The average Bonchev–Trinajstić information content (AvgIpc) is 2.66. The van der Waals surface area contributed by atoms with Crippen LogP contribution in [0.5, 0.6) is 0 Å². The van der Waals surface area contributed by atoms with Gasteiger partial charge in [0, 0.05) is 45.0 Å². The van der Waals surface area contributed by atoms with Gasteiger partial charge in [0.1, 0.15) is 0 Å². The number of ether oxygens (including phenoxy) is 1. The molecule has 25 heavy (non-hydrogen) atoms. The van der Waals surface area contributed by atoms with Crippen LogP contribution in [-0.4, -0.2) is 62.8 Å². The average molecular weight is 347 g/mol. The molecular weight excluding hydrogens is 312 g/mol. The van der Waals surface area contributed by atoms with E-state index in [2.05, 4.69) is 73.3 Å². The standard InChI is InChI=1S/C20H34N4O/c1-5-21-20(24-14-12-19(13-15-24)25-6-2)22-16-17(3)23(4)18-10-8-7-9-11-18/h7-11,17,19H,5-6,12-16H2,1-4H3,(H,21,22). The zero-order valence-electron chi connectivity index (χ0n) is 16.2. The number of para-hydroxylation sites is 1. The van der Waals surface area contributed by atoms with Crippen LogP contribution in [0.3, 0.4) is 0 Å². The number of nitrogens with one attached hydrogen (secondary N) is 1. The van der Waals surface area contributed by atoms with Crippen molar-refractivity contribution in [3.63, 3.8) is 0 Å². The van der Waals surface area contributed by atoms with Gasteiger partial charge < -0.3 is 19.9 Å². The molecule has 0 saturated carbocycles. The summed E-state index contributed by atoms with van der Waals surface area (Å²) in [5, 5.41) is 3.45. The van der Waals surface area contributed by atoms with Crippen LogP contribution in [0, 0.1) is 0 Å². The lowest BCUT2D eigenvalue weighted by molar-refractivity contribution is 0.0264. The summed E-state index contributed by atoms with van der Waals surface area (Å²) in [7, 11) is 2.13. The predicted molar refractivity (Wildman–Crippen MR) is 107 cm³/mol. The van der Waals surface area contributed by atoms with E-state index in [9.17, 15) is 0 Å². The Kier molecular flexibility index (Phi) is 8.06. The Morgan fingerprint density at radius 2 is 1.96 bits per heavy atom. The molecule has 0 amide bonds. The molecule has 1 heterocycles. The van der Waals surface area contributed by atoms with E-state index in [0.29, 0.717) is 12.1 Å². The van der Waals surface area contributed by atoms with Gasteiger partial charge >= 0.3 is 0 Å². The molecule has 1 aliphatic rings. The molecule has 0 aromatic heterocycles. The lowest BCUT2D eigenvalue weighted by atomic mass is 10.1. The molecule has 1 saturated heterocycles. The summed E-state index contributed by atoms with van der Waals surface area (Å²) in [4.78, 5) is 9.56. The van der Waals surface area contributed by atoms with E-state index in [1.807, 2.05) is 0 Å². The van der Waals surface area contributed by atoms with Gasteiger partial charge in [-0.05, 0) is 45.7 Å². The van der Waals surface area contributed by atoms with Crippen molar-refractivity contribution in [2.24, 2.45) is 4.99 Å². The van der Waals surface area contributed by atoms with E-state index >= 15 is 0 Å². The molecule has 2 rings (SSSR count). The second-order valence-electron chi connectivity index (χ2n) is 6.63. The minimum atomic E-state index is 0.344. The third-order valence-electron chi connectivity index (χ3n) is 4.81. The molecule has 0 aliphatic carbocycles. The van der Waals surface area contributed by atoms with Gasteiger partial charge in [-0.3, -0.25) is 4.99 Å². The fraction of sp³-hybridized carbons (Fsp3) is 0.650. The number of rotatable bonds is 7. The van der Waals surface area contributed by atoms with Gasteiger partial charge in [0.2, 0.25) is 0 Å². The quantitative estimate of drug-likeness (QED) is 0.609. The highest BCUT2D eigenvalue weighted by molar-refractivity contribution is 5.80. The molecule has 140 valence electrons. The van der Waals surface area contributed by atoms with Crippen LogP contribution in [0.25, 0.3) is 0 Å². The van der Waals surface area contributed by atoms with Crippen LogP contribution < -0.4 is 10.2 Å². The molecular formula is C20H34N4O. The highest BCUT2D eigenvalue weighted by atomic mass is 16.5. The van der Waals surface area contributed by atoms with E-state index in [-0.39, 0.29) is 0 Å². The lowest BCUT2D eigenvalue weighted by Crippen LogP contribution is -2.47. The van der Waals surface area contributed by atoms with Gasteiger partial charge in [0.25, 0.3) is 0 Å². The highest BCUT2D eigenvalue weighted by Gasteiger charge is 2.21. The maximum absolute atomic E-state index is 5.76. The number of aliphatic imine (C=N–C) groups is 1. The second kappa shape index (κ2) is 10.3. The number of nitrogens with zero attached hydrogens (tertiary/aromatic N) is 3. The molecule has 5 nitrogen and oxygen atoms in total. The molecule has 1 unspecified atom stereocenters. The van der Waals surface area contributed by atoms with E-state index < -0.39 is 0 Å². The molecule has 5 heteroatoms. The zero-order chi connectivity index (χ0) is 18.1. The van der Waals surface area contributed by atoms with Gasteiger partial charge in [-0.25, -0.2) is 0 Å². The van der Waals surface area contributed by atoms with Crippen LogP contribution in [0.1, 0.15) is 33.6 Å². The molecule has 1 aliphatic heterocycles. The first-order valence-corrected chi connectivity index (χ1v) is 9.58. The van der Waals surface area contributed by atoms with Gasteiger partial charge in [0.15, 0.2) is 5.96 Å². The molecule has 1 fully saturated rings. The van der Waals surface area contributed by atoms with Crippen LogP contribution in [0.2, 0.25) is 0 Å². The third-order valence-corrected chi connectivity index (χ3v) is 4.81. The first-order valence-electron chi connectivity index (χ1n) is 9.58. The number of benzene rings is 1. The van der Waals surface area contributed by atoms with Gasteiger partial charge in [0.05, 0.1) is 12.6 Å². The Morgan fingerprint density at radius 3 is 2.56 bits per heavy atom. The topological polar surface area (TPSA) is 40.1 Å². The summed E-state index contributed by atoms with van der Waals surface area (Å²) in [5.74, 6) is 1.03. The van der Waals surface area contributed by atoms with Crippen molar-refractivity contribution in [2.75, 3.05) is 44.7 Å². The highest BCUT2D eigenvalue weighted by Crippen LogP contribution is 2.16. The Hall–Kier alpha value is -1.75. The normalized spacial score (nSPS) is 17.4. The van der Waals surface area contributed by atoms with Crippen LogP contribution in [0.4, 0.5) is 5.69 Å². The van der Waals surface area contributed by atoms with Crippen molar-refractivity contribution in [3.8, 4) is 0 Å². The van der Waals surface area contributed by atoms with Crippen LogP contribution >= 0.6 is 0 Å². The van der Waals surface area contributed by atoms with Crippen molar-refractivity contribution in [2.45, 2.75) is 45.8 Å². The Labute approximate surface area is 153 Å². The van der Waals surface area contributed by atoms with E-state index in [1.165, 1.54) is 5.69 Å². The van der Waals surface area contributed by atoms with Crippen molar-refractivity contribution in [3.05, 3.63) is 30.3 Å². The first kappa shape index (κ1) is 19.6. The molecule has 1 aromatic rings. The summed E-state index contributed by atoms with van der Waals surface area (Å²) >= 11 is 0. The molecule has 1 N–H and O–H groups in total. The molecule has 0 bridgehead atoms. The number of anilines is 1. The Bertz CT molecular complexity index is 512. The third kappa shape index (κ3) is 5.92. The fourth-order valence-electron chi connectivity index (χ4n) is 3.15. The molecule has 0 spiro atoms. The summed E-state index contributed by atoms with van der Waals surface area (Å²) in [6.45, 7) is 10.9. The summed E-state index contributed by atoms with van der Waals surface area (Å²) < 4.78 is 5.76. The summed E-state index contributed by atoms with van der Waals surface area (Å²) in [5.41, 5.74) is 1.23. The number of piperidine rings is 1.